The van der Waals surface area contributed by atoms with Crippen LogP contribution in [0.5, 0.6) is 0 Å². The van der Waals surface area contributed by atoms with Gasteiger partial charge in [-0.15, -0.1) is 0 Å². The standard InChI is InChI=1S/C11H13FN6O/c1-13-10-8(3-7(12)4-14-10)11(19)18(2)5-9-15-6-16-17-9/h3-4,6H,5H2,1-2H3,(H,13,14)(H,15,16,17). The average Bonchev–Trinajstić information content (AvgIpc) is 2.90. The molecule has 0 aliphatic rings. The van der Waals surface area contributed by atoms with E-state index in [1.54, 1.807) is 14.1 Å². The van der Waals surface area contributed by atoms with Crippen LogP contribution in [-0.2, 0) is 6.54 Å². The van der Waals surface area contributed by atoms with Crippen LogP contribution in [0.3, 0.4) is 0 Å². The SMILES string of the molecule is CNc1ncc(F)cc1C(=O)N(C)Cc1ncn[nH]1. The largest absolute Gasteiger partial charge is 0.372 e. The van der Waals surface area contributed by atoms with E-state index in [0.717, 1.165) is 12.3 Å². The fourth-order valence-corrected chi connectivity index (χ4v) is 1.61. The van der Waals surface area contributed by atoms with Gasteiger partial charge in [-0.05, 0) is 6.07 Å². The number of amides is 1. The first-order valence-corrected chi connectivity index (χ1v) is 5.55. The molecule has 0 spiro atoms. The minimum absolute atomic E-state index is 0.171. The molecule has 2 aromatic heterocycles. The van der Waals surface area contributed by atoms with Gasteiger partial charge < -0.3 is 10.2 Å². The van der Waals surface area contributed by atoms with E-state index in [4.69, 9.17) is 0 Å². The maximum absolute atomic E-state index is 13.2. The summed E-state index contributed by atoms with van der Waals surface area (Å²) in [5.41, 5.74) is 0.171. The third-order valence-corrected chi connectivity index (χ3v) is 2.52. The number of aromatic amines is 1. The van der Waals surface area contributed by atoms with Crippen molar-refractivity contribution >= 4 is 11.7 Å². The van der Waals surface area contributed by atoms with Crippen molar-refractivity contribution in [2.24, 2.45) is 0 Å². The van der Waals surface area contributed by atoms with Crippen molar-refractivity contribution in [1.82, 2.24) is 25.1 Å². The molecule has 0 aromatic carbocycles. The van der Waals surface area contributed by atoms with E-state index in [-0.39, 0.29) is 18.0 Å². The maximum atomic E-state index is 13.2. The molecule has 2 aromatic rings. The number of anilines is 1. The highest BCUT2D eigenvalue weighted by Gasteiger charge is 2.18. The Kier molecular flexibility index (Phi) is 3.69. The minimum Gasteiger partial charge on any atom is -0.372 e. The van der Waals surface area contributed by atoms with Gasteiger partial charge in [0.25, 0.3) is 5.91 Å². The third kappa shape index (κ3) is 2.84. The number of rotatable bonds is 4. The van der Waals surface area contributed by atoms with Gasteiger partial charge in [0.2, 0.25) is 0 Å². The van der Waals surface area contributed by atoms with E-state index >= 15 is 0 Å². The smallest absolute Gasteiger partial charge is 0.257 e. The number of hydrogen-bond acceptors (Lipinski definition) is 5. The Bertz CT molecular complexity index is 571. The molecule has 0 saturated carbocycles. The number of nitrogens with one attached hydrogen (secondary N) is 2. The van der Waals surface area contributed by atoms with Crippen LogP contribution in [0.1, 0.15) is 16.2 Å². The van der Waals surface area contributed by atoms with Crippen LogP contribution in [0.25, 0.3) is 0 Å². The summed E-state index contributed by atoms with van der Waals surface area (Å²) in [4.78, 5) is 21.4. The van der Waals surface area contributed by atoms with Crippen molar-refractivity contribution < 1.29 is 9.18 Å². The first-order chi connectivity index (χ1) is 9.11. The van der Waals surface area contributed by atoms with Gasteiger partial charge in [0.1, 0.15) is 23.8 Å². The minimum atomic E-state index is -0.560. The van der Waals surface area contributed by atoms with E-state index in [9.17, 15) is 9.18 Å². The Labute approximate surface area is 108 Å². The van der Waals surface area contributed by atoms with Gasteiger partial charge in [-0.3, -0.25) is 9.89 Å². The highest BCUT2D eigenvalue weighted by atomic mass is 19.1. The Morgan fingerprint density at radius 1 is 1.53 bits per heavy atom. The van der Waals surface area contributed by atoms with Gasteiger partial charge in [0.05, 0.1) is 18.3 Å². The molecule has 0 unspecified atom stereocenters. The average molecular weight is 264 g/mol. The molecule has 0 bridgehead atoms. The Morgan fingerprint density at radius 3 is 2.95 bits per heavy atom. The molecule has 2 heterocycles. The van der Waals surface area contributed by atoms with Crippen molar-refractivity contribution in [2.45, 2.75) is 6.54 Å². The first-order valence-electron chi connectivity index (χ1n) is 5.55. The maximum Gasteiger partial charge on any atom is 0.257 e. The summed E-state index contributed by atoms with van der Waals surface area (Å²) in [7, 11) is 3.21. The zero-order valence-electron chi connectivity index (χ0n) is 10.5. The van der Waals surface area contributed by atoms with E-state index < -0.39 is 5.82 Å². The van der Waals surface area contributed by atoms with Crippen molar-refractivity contribution in [1.29, 1.82) is 0 Å². The van der Waals surface area contributed by atoms with Gasteiger partial charge in [-0.1, -0.05) is 0 Å². The van der Waals surface area contributed by atoms with Gasteiger partial charge in [0.15, 0.2) is 0 Å². The van der Waals surface area contributed by atoms with E-state index in [1.807, 2.05) is 0 Å². The molecule has 0 saturated heterocycles. The third-order valence-electron chi connectivity index (χ3n) is 2.52. The fourth-order valence-electron chi connectivity index (χ4n) is 1.61. The lowest BCUT2D eigenvalue weighted by atomic mass is 10.2. The number of pyridine rings is 1. The summed E-state index contributed by atoms with van der Waals surface area (Å²) in [6.07, 6.45) is 2.41. The lowest BCUT2D eigenvalue weighted by Gasteiger charge is -2.17. The summed E-state index contributed by atoms with van der Waals surface area (Å²) in [5.74, 6) is -0.0368. The fraction of sp³-hybridized carbons (Fsp3) is 0.273. The van der Waals surface area contributed by atoms with Crippen LogP contribution in [0, 0.1) is 5.82 Å². The molecule has 0 fully saturated rings. The van der Waals surface area contributed by atoms with Crippen molar-refractivity contribution in [2.75, 3.05) is 19.4 Å². The van der Waals surface area contributed by atoms with Crippen molar-refractivity contribution in [3.05, 3.63) is 35.8 Å². The number of carbonyl (C=O) groups excluding carboxylic acids is 1. The summed E-state index contributed by atoms with van der Waals surface area (Å²) < 4.78 is 13.2. The molecule has 2 N–H and O–H groups in total. The van der Waals surface area contributed by atoms with E-state index in [2.05, 4.69) is 25.5 Å². The highest BCUT2D eigenvalue weighted by Crippen LogP contribution is 2.15. The zero-order chi connectivity index (χ0) is 13.8. The quantitative estimate of drug-likeness (QED) is 0.846. The molecule has 2 rings (SSSR count). The number of carbonyl (C=O) groups is 1. The Hall–Kier alpha value is -2.51. The molecule has 8 heteroatoms. The summed E-state index contributed by atoms with van der Waals surface area (Å²) >= 11 is 0. The monoisotopic (exact) mass is 264 g/mol. The normalized spacial score (nSPS) is 10.3. The molecule has 0 radical (unpaired) electrons. The van der Waals surface area contributed by atoms with Crippen molar-refractivity contribution in [3.63, 3.8) is 0 Å². The molecule has 0 atom stereocenters. The van der Waals surface area contributed by atoms with Gasteiger partial charge in [-0.25, -0.2) is 14.4 Å². The number of nitrogens with zero attached hydrogens (tertiary/aromatic N) is 4. The van der Waals surface area contributed by atoms with Gasteiger partial charge >= 0.3 is 0 Å². The van der Waals surface area contributed by atoms with E-state index in [1.165, 1.54) is 11.2 Å². The summed E-state index contributed by atoms with van der Waals surface area (Å²) in [5, 5.41) is 9.11. The van der Waals surface area contributed by atoms with Crippen LogP contribution in [0.4, 0.5) is 10.2 Å². The second-order valence-electron chi connectivity index (χ2n) is 3.89. The molecule has 0 aliphatic carbocycles. The molecule has 19 heavy (non-hydrogen) atoms. The summed E-state index contributed by atoms with van der Waals surface area (Å²) in [6.45, 7) is 0.249. The number of aromatic nitrogens is 4. The molecule has 7 nitrogen and oxygen atoms in total. The topological polar surface area (TPSA) is 86.8 Å². The number of hydrogen-bond donors (Lipinski definition) is 2. The zero-order valence-corrected chi connectivity index (χ0v) is 10.5. The lowest BCUT2D eigenvalue weighted by molar-refractivity contribution is 0.0782. The molecular formula is C11H13FN6O. The Balaban J connectivity index is 2.21. The molecule has 1 amide bonds. The highest BCUT2D eigenvalue weighted by molar-refractivity contribution is 5.98. The van der Waals surface area contributed by atoms with Crippen LogP contribution < -0.4 is 5.32 Å². The number of halogens is 1. The van der Waals surface area contributed by atoms with Crippen LogP contribution in [0.2, 0.25) is 0 Å². The van der Waals surface area contributed by atoms with Crippen molar-refractivity contribution in [3.8, 4) is 0 Å². The number of H-pyrrole nitrogens is 1. The predicted octanol–water partition coefficient (Wildman–Crippen LogP) is 0.653. The lowest BCUT2D eigenvalue weighted by Crippen LogP contribution is -2.27. The van der Waals surface area contributed by atoms with E-state index in [0.29, 0.717) is 11.6 Å². The second kappa shape index (κ2) is 5.42. The van der Waals surface area contributed by atoms with Gasteiger partial charge in [-0.2, -0.15) is 5.10 Å². The molecule has 0 aliphatic heterocycles. The second-order valence-corrected chi connectivity index (χ2v) is 3.89. The molecular weight excluding hydrogens is 251 g/mol. The molecule has 100 valence electrons. The van der Waals surface area contributed by atoms with Gasteiger partial charge in [0, 0.05) is 14.1 Å². The predicted molar refractivity (Wildman–Crippen MR) is 65.9 cm³/mol. The van der Waals surface area contributed by atoms with Crippen LogP contribution in [-0.4, -0.2) is 45.1 Å². The first kappa shape index (κ1) is 12.9. The Morgan fingerprint density at radius 2 is 2.32 bits per heavy atom. The van der Waals surface area contributed by atoms with Crippen LogP contribution in [0.15, 0.2) is 18.6 Å². The van der Waals surface area contributed by atoms with Crippen LogP contribution >= 0.6 is 0 Å². The summed E-state index contributed by atoms with van der Waals surface area (Å²) in [6, 6.07) is 1.15.